The first-order chi connectivity index (χ1) is 9.26. The minimum atomic E-state index is 0.352. The van der Waals surface area contributed by atoms with Gasteiger partial charge >= 0.3 is 0 Å². The van der Waals surface area contributed by atoms with Crippen molar-refractivity contribution in [3.05, 3.63) is 53.6 Å². The maximum Gasteiger partial charge on any atom is 0.150 e. The normalized spacial score (nSPS) is 10.0. The fourth-order valence-electron chi connectivity index (χ4n) is 1.68. The first-order valence-electron chi connectivity index (χ1n) is 5.87. The van der Waals surface area contributed by atoms with Gasteiger partial charge in [-0.1, -0.05) is 12.1 Å². The summed E-state index contributed by atoms with van der Waals surface area (Å²) in [5, 5.41) is 0. The molecule has 0 aromatic heterocycles. The van der Waals surface area contributed by atoms with Crippen molar-refractivity contribution >= 4 is 6.29 Å². The summed E-state index contributed by atoms with van der Waals surface area (Å²) >= 11 is 0. The van der Waals surface area contributed by atoms with Gasteiger partial charge in [0.2, 0.25) is 0 Å². The molecule has 2 rings (SSSR count). The highest BCUT2D eigenvalue weighted by atomic mass is 16.5. The largest absolute Gasteiger partial charge is 0.497 e. The molecule has 4 nitrogen and oxygen atoms in total. The number of hydrogen-bond donors (Lipinski definition) is 1. The quantitative estimate of drug-likeness (QED) is 0.837. The Morgan fingerprint density at radius 1 is 1.11 bits per heavy atom. The zero-order valence-corrected chi connectivity index (χ0v) is 10.6. The molecule has 0 radical (unpaired) electrons. The highest BCUT2D eigenvalue weighted by molar-refractivity contribution is 5.76. The lowest BCUT2D eigenvalue weighted by Crippen LogP contribution is -2.00. The standard InChI is InChI=1S/C15H15NO3/c1-18-13-4-6-14(7-5-13)19-15-8-11(10-17)2-3-12(15)9-16/h2-8,10H,9,16H2,1H3. The average molecular weight is 257 g/mol. The Morgan fingerprint density at radius 2 is 1.79 bits per heavy atom. The van der Waals surface area contributed by atoms with Crippen LogP contribution < -0.4 is 15.2 Å². The third kappa shape index (κ3) is 3.11. The molecule has 2 N–H and O–H groups in total. The van der Waals surface area contributed by atoms with Crippen LogP contribution in [-0.2, 0) is 6.54 Å². The lowest BCUT2D eigenvalue weighted by atomic mass is 10.1. The Morgan fingerprint density at radius 3 is 2.37 bits per heavy atom. The fourth-order valence-corrected chi connectivity index (χ4v) is 1.68. The van der Waals surface area contributed by atoms with Crippen molar-refractivity contribution in [2.24, 2.45) is 5.73 Å². The maximum absolute atomic E-state index is 10.8. The number of carbonyl (C=O) groups is 1. The minimum absolute atomic E-state index is 0.352. The average Bonchev–Trinajstić information content (AvgIpc) is 2.48. The van der Waals surface area contributed by atoms with E-state index in [1.54, 1.807) is 49.6 Å². The van der Waals surface area contributed by atoms with Crippen LogP contribution in [0.1, 0.15) is 15.9 Å². The van der Waals surface area contributed by atoms with E-state index in [1.165, 1.54) is 0 Å². The molecule has 0 spiro atoms. The first kappa shape index (κ1) is 13.1. The molecule has 0 aliphatic rings. The van der Waals surface area contributed by atoms with E-state index < -0.39 is 0 Å². The Labute approximate surface area is 111 Å². The summed E-state index contributed by atoms with van der Waals surface area (Å²) in [5.74, 6) is 2.02. The van der Waals surface area contributed by atoms with E-state index in [4.69, 9.17) is 15.2 Å². The van der Waals surface area contributed by atoms with Crippen LogP contribution in [0.2, 0.25) is 0 Å². The number of hydrogen-bond acceptors (Lipinski definition) is 4. The Kier molecular flexibility index (Phi) is 4.15. The highest BCUT2D eigenvalue weighted by Crippen LogP contribution is 2.27. The second-order valence-corrected chi connectivity index (χ2v) is 3.97. The molecule has 0 amide bonds. The van der Waals surface area contributed by atoms with E-state index in [-0.39, 0.29) is 0 Å². The van der Waals surface area contributed by atoms with Gasteiger partial charge in [0, 0.05) is 17.7 Å². The molecule has 0 aliphatic carbocycles. The summed E-state index contributed by atoms with van der Waals surface area (Å²) < 4.78 is 10.8. The van der Waals surface area contributed by atoms with Crippen molar-refractivity contribution in [1.29, 1.82) is 0 Å². The van der Waals surface area contributed by atoms with Crippen LogP contribution in [0.15, 0.2) is 42.5 Å². The molecule has 0 heterocycles. The van der Waals surface area contributed by atoms with Crippen LogP contribution in [0.25, 0.3) is 0 Å². The maximum atomic E-state index is 10.8. The van der Waals surface area contributed by atoms with E-state index in [0.29, 0.717) is 23.6 Å². The third-order valence-corrected chi connectivity index (χ3v) is 2.73. The number of carbonyl (C=O) groups excluding carboxylic acids is 1. The molecular weight excluding hydrogens is 242 g/mol. The predicted octanol–water partition coefficient (Wildman–Crippen LogP) is 2.76. The summed E-state index contributed by atoms with van der Waals surface area (Å²) in [7, 11) is 1.61. The van der Waals surface area contributed by atoms with Crippen molar-refractivity contribution in [3.8, 4) is 17.2 Å². The van der Waals surface area contributed by atoms with Crippen molar-refractivity contribution < 1.29 is 14.3 Å². The van der Waals surface area contributed by atoms with Gasteiger partial charge < -0.3 is 15.2 Å². The summed E-state index contributed by atoms with van der Waals surface area (Å²) in [6.45, 7) is 0.352. The zero-order chi connectivity index (χ0) is 13.7. The predicted molar refractivity (Wildman–Crippen MR) is 72.8 cm³/mol. The Bertz CT molecular complexity index is 564. The summed E-state index contributed by atoms with van der Waals surface area (Å²) in [5.41, 5.74) is 7.06. The molecule has 0 bridgehead atoms. The van der Waals surface area contributed by atoms with Gasteiger partial charge in [-0.3, -0.25) is 4.79 Å². The van der Waals surface area contributed by atoms with Gasteiger partial charge in [-0.05, 0) is 30.3 Å². The van der Waals surface area contributed by atoms with Crippen molar-refractivity contribution in [2.75, 3.05) is 7.11 Å². The van der Waals surface area contributed by atoms with Crippen molar-refractivity contribution in [2.45, 2.75) is 6.54 Å². The van der Waals surface area contributed by atoms with E-state index in [2.05, 4.69) is 0 Å². The molecule has 0 saturated carbocycles. The summed E-state index contributed by atoms with van der Waals surface area (Å²) in [6.07, 6.45) is 0.779. The molecule has 19 heavy (non-hydrogen) atoms. The lowest BCUT2D eigenvalue weighted by Gasteiger charge is -2.11. The molecule has 4 heteroatoms. The monoisotopic (exact) mass is 257 g/mol. The molecule has 98 valence electrons. The molecule has 0 aliphatic heterocycles. The van der Waals surface area contributed by atoms with Gasteiger partial charge in [-0.25, -0.2) is 0 Å². The van der Waals surface area contributed by atoms with E-state index in [0.717, 1.165) is 17.6 Å². The lowest BCUT2D eigenvalue weighted by molar-refractivity contribution is 0.112. The van der Waals surface area contributed by atoms with Crippen LogP contribution in [0.4, 0.5) is 0 Å². The van der Waals surface area contributed by atoms with Crippen LogP contribution >= 0.6 is 0 Å². The van der Waals surface area contributed by atoms with Crippen LogP contribution in [0.3, 0.4) is 0 Å². The summed E-state index contributed by atoms with van der Waals surface area (Å²) in [4.78, 5) is 10.8. The number of ether oxygens (including phenoxy) is 2. The van der Waals surface area contributed by atoms with Gasteiger partial charge in [0.05, 0.1) is 7.11 Å². The second-order valence-electron chi connectivity index (χ2n) is 3.97. The van der Waals surface area contributed by atoms with Crippen LogP contribution in [0, 0.1) is 0 Å². The Balaban J connectivity index is 2.27. The smallest absolute Gasteiger partial charge is 0.150 e. The molecule has 0 saturated heterocycles. The van der Waals surface area contributed by atoms with Gasteiger partial charge in [-0.15, -0.1) is 0 Å². The molecule has 0 unspecified atom stereocenters. The zero-order valence-electron chi connectivity index (χ0n) is 10.6. The van der Waals surface area contributed by atoms with Crippen molar-refractivity contribution in [1.82, 2.24) is 0 Å². The molecule has 2 aromatic rings. The number of rotatable bonds is 5. The molecule has 0 atom stereocenters. The first-order valence-corrected chi connectivity index (χ1v) is 5.87. The summed E-state index contributed by atoms with van der Waals surface area (Å²) in [6, 6.07) is 12.4. The molecule has 2 aromatic carbocycles. The van der Waals surface area contributed by atoms with E-state index in [1.807, 2.05) is 0 Å². The van der Waals surface area contributed by atoms with Gasteiger partial charge in [-0.2, -0.15) is 0 Å². The van der Waals surface area contributed by atoms with Gasteiger partial charge in [0.25, 0.3) is 0 Å². The second kappa shape index (κ2) is 6.02. The van der Waals surface area contributed by atoms with E-state index in [9.17, 15) is 4.79 Å². The van der Waals surface area contributed by atoms with Crippen LogP contribution in [-0.4, -0.2) is 13.4 Å². The fraction of sp³-hybridized carbons (Fsp3) is 0.133. The van der Waals surface area contributed by atoms with Crippen molar-refractivity contribution in [3.63, 3.8) is 0 Å². The minimum Gasteiger partial charge on any atom is -0.497 e. The topological polar surface area (TPSA) is 61.5 Å². The SMILES string of the molecule is COc1ccc(Oc2cc(C=O)ccc2CN)cc1. The number of aldehydes is 1. The van der Waals surface area contributed by atoms with E-state index >= 15 is 0 Å². The number of benzene rings is 2. The van der Waals surface area contributed by atoms with Gasteiger partial charge in [0.1, 0.15) is 23.5 Å². The molecular formula is C15H15NO3. The third-order valence-electron chi connectivity index (χ3n) is 2.73. The van der Waals surface area contributed by atoms with Gasteiger partial charge in [0.15, 0.2) is 0 Å². The Hall–Kier alpha value is -2.33. The highest BCUT2D eigenvalue weighted by Gasteiger charge is 2.05. The number of nitrogens with two attached hydrogens (primary N) is 1. The number of methoxy groups -OCH3 is 1. The molecule has 0 fully saturated rings. The van der Waals surface area contributed by atoms with Crippen LogP contribution in [0.5, 0.6) is 17.2 Å².